The van der Waals surface area contributed by atoms with Gasteiger partial charge in [-0.1, -0.05) is 70.2 Å². The average molecular weight is 258 g/mol. The van der Waals surface area contributed by atoms with Gasteiger partial charge < -0.3 is 0 Å². The molecule has 2 atom stereocenters. The van der Waals surface area contributed by atoms with E-state index in [9.17, 15) is 0 Å². The van der Waals surface area contributed by atoms with Crippen molar-refractivity contribution in [3.63, 3.8) is 0 Å². The van der Waals surface area contributed by atoms with Gasteiger partial charge in [-0.3, -0.25) is 0 Å². The van der Waals surface area contributed by atoms with E-state index in [0.717, 1.165) is 5.92 Å². The van der Waals surface area contributed by atoms with Gasteiger partial charge in [0.1, 0.15) is 0 Å². The minimum Gasteiger partial charge on any atom is -0.0883 e. The topological polar surface area (TPSA) is 0 Å². The Balaban J connectivity index is 0.000000861. The summed E-state index contributed by atoms with van der Waals surface area (Å²) >= 11 is 0. The van der Waals surface area contributed by atoms with Crippen LogP contribution >= 0.6 is 0 Å². The summed E-state index contributed by atoms with van der Waals surface area (Å²) < 4.78 is 0. The van der Waals surface area contributed by atoms with Gasteiger partial charge in [0.05, 0.1) is 0 Å². The predicted molar refractivity (Wildman–Crippen MR) is 86.5 cm³/mol. The van der Waals surface area contributed by atoms with E-state index in [1.54, 1.807) is 0 Å². The molecule has 1 aliphatic carbocycles. The van der Waals surface area contributed by atoms with E-state index in [4.69, 9.17) is 0 Å². The summed E-state index contributed by atoms with van der Waals surface area (Å²) in [7, 11) is 0. The lowest BCUT2D eigenvalue weighted by atomic mass is 9.72. The molecular weight excluding hydrogens is 228 g/mol. The number of allylic oxidation sites excluding steroid dienone is 2. The van der Waals surface area contributed by atoms with E-state index in [1.807, 2.05) is 13.8 Å². The number of benzene rings is 1. The van der Waals surface area contributed by atoms with Gasteiger partial charge in [0.2, 0.25) is 0 Å². The van der Waals surface area contributed by atoms with Crippen LogP contribution in [0.4, 0.5) is 0 Å². The molecular formula is C19H30. The van der Waals surface area contributed by atoms with E-state index in [0.29, 0.717) is 5.41 Å². The van der Waals surface area contributed by atoms with Crippen LogP contribution in [0.25, 0.3) is 0 Å². The van der Waals surface area contributed by atoms with Crippen LogP contribution in [-0.2, 0) is 5.41 Å². The Bertz CT molecular complexity index is 363. The molecule has 0 fully saturated rings. The Morgan fingerprint density at radius 2 is 1.84 bits per heavy atom. The van der Waals surface area contributed by atoms with E-state index < -0.39 is 0 Å². The molecule has 19 heavy (non-hydrogen) atoms. The SMILES string of the molecule is CC.CCC(C)(CC1C=CCCC1)c1ccccc1. The summed E-state index contributed by atoms with van der Waals surface area (Å²) in [5.74, 6) is 0.786. The van der Waals surface area contributed by atoms with Crippen molar-refractivity contribution in [1.29, 1.82) is 0 Å². The molecule has 0 nitrogen and oxygen atoms in total. The maximum Gasteiger partial charge on any atom is -0.00723 e. The van der Waals surface area contributed by atoms with Crippen LogP contribution < -0.4 is 0 Å². The monoisotopic (exact) mass is 258 g/mol. The van der Waals surface area contributed by atoms with Crippen molar-refractivity contribution in [1.82, 2.24) is 0 Å². The molecule has 0 N–H and O–H groups in total. The highest BCUT2D eigenvalue weighted by atomic mass is 14.3. The fourth-order valence-electron chi connectivity index (χ4n) is 2.94. The summed E-state index contributed by atoms with van der Waals surface area (Å²) in [4.78, 5) is 0. The summed E-state index contributed by atoms with van der Waals surface area (Å²) in [6.07, 6.45) is 11.4. The molecule has 0 saturated heterocycles. The molecule has 0 heteroatoms. The van der Waals surface area contributed by atoms with Gasteiger partial charge in [-0.05, 0) is 49.0 Å². The third-order valence-electron chi connectivity index (χ3n) is 4.32. The lowest BCUT2D eigenvalue weighted by Gasteiger charge is -2.33. The third kappa shape index (κ3) is 4.53. The molecule has 0 heterocycles. The van der Waals surface area contributed by atoms with E-state index in [1.165, 1.54) is 37.7 Å². The zero-order chi connectivity index (χ0) is 14.1. The Hall–Kier alpha value is -1.04. The van der Waals surface area contributed by atoms with Gasteiger partial charge >= 0.3 is 0 Å². The molecule has 1 aromatic rings. The van der Waals surface area contributed by atoms with Crippen molar-refractivity contribution in [3.8, 4) is 0 Å². The van der Waals surface area contributed by atoms with Crippen LogP contribution in [0.3, 0.4) is 0 Å². The second-order valence-electron chi connectivity index (χ2n) is 5.60. The minimum absolute atomic E-state index is 0.341. The first-order valence-electron chi connectivity index (χ1n) is 7.97. The van der Waals surface area contributed by atoms with Crippen molar-refractivity contribution in [2.24, 2.45) is 5.92 Å². The second kappa shape index (κ2) is 8.19. The first-order valence-corrected chi connectivity index (χ1v) is 7.97. The van der Waals surface area contributed by atoms with Gasteiger partial charge in [0, 0.05) is 0 Å². The molecule has 1 aromatic carbocycles. The maximum absolute atomic E-state index is 2.44. The van der Waals surface area contributed by atoms with Crippen LogP contribution in [0, 0.1) is 5.92 Å². The number of rotatable bonds is 4. The molecule has 1 aliphatic rings. The average Bonchev–Trinajstić information content (AvgIpc) is 2.51. The fraction of sp³-hybridized carbons (Fsp3) is 0.579. The van der Waals surface area contributed by atoms with Crippen molar-refractivity contribution >= 4 is 0 Å². The van der Waals surface area contributed by atoms with Crippen LogP contribution in [-0.4, -0.2) is 0 Å². The summed E-state index contributed by atoms with van der Waals surface area (Å²) in [6.45, 7) is 8.74. The van der Waals surface area contributed by atoms with Gasteiger partial charge in [0.15, 0.2) is 0 Å². The van der Waals surface area contributed by atoms with E-state index in [2.05, 4.69) is 56.3 Å². The van der Waals surface area contributed by atoms with Crippen LogP contribution in [0.15, 0.2) is 42.5 Å². The molecule has 0 bridgehead atoms. The Morgan fingerprint density at radius 1 is 1.16 bits per heavy atom. The highest BCUT2D eigenvalue weighted by molar-refractivity contribution is 5.24. The van der Waals surface area contributed by atoms with E-state index >= 15 is 0 Å². The molecule has 2 rings (SSSR count). The van der Waals surface area contributed by atoms with Crippen molar-refractivity contribution in [3.05, 3.63) is 48.0 Å². The van der Waals surface area contributed by atoms with Crippen molar-refractivity contribution in [2.75, 3.05) is 0 Å². The first kappa shape index (κ1) is 16.0. The molecule has 0 radical (unpaired) electrons. The largest absolute Gasteiger partial charge is 0.0883 e. The Labute approximate surface area is 119 Å². The lowest BCUT2D eigenvalue weighted by Crippen LogP contribution is -2.24. The summed E-state index contributed by atoms with van der Waals surface area (Å²) in [5, 5.41) is 0. The van der Waals surface area contributed by atoms with Gasteiger partial charge in [-0.15, -0.1) is 0 Å². The quantitative estimate of drug-likeness (QED) is 0.570. The van der Waals surface area contributed by atoms with Crippen molar-refractivity contribution < 1.29 is 0 Å². The standard InChI is InChI=1S/C17H24.C2H6/c1-3-17(2,16-12-8-5-9-13-16)14-15-10-6-4-7-11-15;1-2/h5-6,8-10,12-13,15H,3-4,7,11,14H2,1-2H3;1-2H3. The lowest BCUT2D eigenvalue weighted by molar-refractivity contribution is 0.342. The highest BCUT2D eigenvalue weighted by Gasteiger charge is 2.27. The number of hydrogen-bond acceptors (Lipinski definition) is 0. The van der Waals surface area contributed by atoms with Crippen molar-refractivity contribution in [2.45, 2.75) is 65.2 Å². The molecule has 0 aromatic heterocycles. The van der Waals surface area contributed by atoms with Crippen LogP contribution in [0.1, 0.15) is 65.4 Å². The predicted octanol–water partition coefficient (Wildman–Crippen LogP) is 6.13. The van der Waals surface area contributed by atoms with Gasteiger partial charge in [-0.25, -0.2) is 0 Å². The smallest absolute Gasteiger partial charge is 0.00723 e. The molecule has 106 valence electrons. The molecule has 0 spiro atoms. The minimum atomic E-state index is 0.341. The number of hydrogen-bond donors (Lipinski definition) is 0. The van der Waals surface area contributed by atoms with Gasteiger partial charge in [-0.2, -0.15) is 0 Å². The van der Waals surface area contributed by atoms with Gasteiger partial charge in [0.25, 0.3) is 0 Å². The molecule has 0 aliphatic heterocycles. The van der Waals surface area contributed by atoms with Crippen LogP contribution in [0.2, 0.25) is 0 Å². The molecule has 0 amide bonds. The fourth-order valence-corrected chi connectivity index (χ4v) is 2.94. The first-order chi connectivity index (χ1) is 9.24. The zero-order valence-corrected chi connectivity index (χ0v) is 13.2. The molecule has 2 unspecified atom stereocenters. The second-order valence-corrected chi connectivity index (χ2v) is 5.60. The third-order valence-corrected chi connectivity index (χ3v) is 4.32. The molecule has 0 saturated carbocycles. The summed E-state index contributed by atoms with van der Waals surface area (Å²) in [5.41, 5.74) is 1.84. The Kier molecular flexibility index (Phi) is 6.91. The normalized spacial score (nSPS) is 21.2. The summed E-state index contributed by atoms with van der Waals surface area (Å²) in [6, 6.07) is 11.0. The zero-order valence-electron chi connectivity index (χ0n) is 13.2. The highest BCUT2D eigenvalue weighted by Crippen LogP contribution is 2.37. The van der Waals surface area contributed by atoms with Crippen LogP contribution in [0.5, 0.6) is 0 Å². The van der Waals surface area contributed by atoms with E-state index in [-0.39, 0.29) is 0 Å². The Morgan fingerprint density at radius 3 is 2.37 bits per heavy atom. The maximum atomic E-state index is 2.44.